The molecule has 1 amide bonds. The number of para-hydroxylation sites is 1. The van der Waals surface area contributed by atoms with E-state index in [9.17, 15) is 13.2 Å². The molecule has 0 fully saturated rings. The monoisotopic (exact) mass is 484 g/mol. The smallest absolute Gasteiger partial charge is 0.262 e. The van der Waals surface area contributed by atoms with Gasteiger partial charge < -0.3 is 14.8 Å². The van der Waals surface area contributed by atoms with Crippen LogP contribution in [0.1, 0.15) is 28.7 Å². The highest BCUT2D eigenvalue weighted by Crippen LogP contribution is 2.33. The summed E-state index contributed by atoms with van der Waals surface area (Å²) in [6.07, 6.45) is 0. The molecule has 0 saturated carbocycles. The second-order valence-corrected chi connectivity index (χ2v) is 10.1. The summed E-state index contributed by atoms with van der Waals surface area (Å²) in [4.78, 5) is 12.9. The number of nitrogens with zero attached hydrogens (tertiary/aromatic N) is 2. The number of rotatable bonds is 8. The van der Waals surface area contributed by atoms with Crippen LogP contribution in [0.2, 0.25) is 0 Å². The second-order valence-electron chi connectivity index (χ2n) is 8.38. The number of sulfonamides is 1. The Morgan fingerprint density at radius 3 is 2.56 bits per heavy atom. The minimum absolute atomic E-state index is 0.0190. The van der Waals surface area contributed by atoms with Crippen molar-refractivity contribution >= 4 is 21.6 Å². The standard InChI is InChI=1S/C24H28N4O5S/c1-16(15-28-18(3)12-17(2)26-28)14-25-24(29)20-6-4-5-7-21(20)27-34(30,31)19-8-9-22-23(13-19)33-11-10-32-22/h4-9,12-13,16,27H,10-11,14-15H2,1-3H3,(H,25,29). The van der Waals surface area contributed by atoms with Gasteiger partial charge in [-0.25, -0.2) is 8.42 Å². The molecule has 34 heavy (non-hydrogen) atoms. The first kappa shape index (κ1) is 23.6. The van der Waals surface area contributed by atoms with Crippen molar-refractivity contribution in [2.45, 2.75) is 32.2 Å². The summed E-state index contributed by atoms with van der Waals surface area (Å²) in [5.41, 5.74) is 2.45. The minimum Gasteiger partial charge on any atom is -0.486 e. The van der Waals surface area contributed by atoms with Gasteiger partial charge in [0.1, 0.15) is 13.2 Å². The summed E-state index contributed by atoms with van der Waals surface area (Å²) >= 11 is 0. The van der Waals surface area contributed by atoms with Crippen molar-refractivity contribution in [1.29, 1.82) is 0 Å². The van der Waals surface area contributed by atoms with Gasteiger partial charge in [0.25, 0.3) is 15.9 Å². The molecule has 4 rings (SSSR count). The van der Waals surface area contributed by atoms with Crippen LogP contribution in [-0.4, -0.2) is 43.9 Å². The third-order valence-corrected chi connectivity index (χ3v) is 6.80. The molecule has 1 aromatic heterocycles. The maximum Gasteiger partial charge on any atom is 0.262 e. The summed E-state index contributed by atoms with van der Waals surface area (Å²) in [5.74, 6) is 0.639. The van der Waals surface area contributed by atoms with Crippen LogP contribution in [0, 0.1) is 19.8 Å². The molecule has 180 valence electrons. The van der Waals surface area contributed by atoms with E-state index < -0.39 is 10.0 Å². The van der Waals surface area contributed by atoms with Gasteiger partial charge in [0.05, 0.1) is 21.8 Å². The van der Waals surface area contributed by atoms with E-state index in [4.69, 9.17) is 9.47 Å². The van der Waals surface area contributed by atoms with Gasteiger partial charge in [-0.05, 0) is 50.1 Å². The molecule has 0 aliphatic carbocycles. The number of carbonyl (C=O) groups is 1. The fourth-order valence-electron chi connectivity index (χ4n) is 3.75. The lowest BCUT2D eigenvalue weighted by molar-refractivity contribution is 0.0947. The molecule has 2 heterocycles. The van der Waals surface area contributed by atoms with Gasteiger partial charge in [0.2, 0.25) is 0 Å². The van der Waals surface area contributed by atoms with E-state index in [1.54, 1.807) is 30.3 Å². The Bertz CT molecular complexity index is 1300. The Balaban J connectivity index is 1.44. The van der Waals surface area contributed by atoms with Crippen LogP contribution in [0.25, 0.3) is 0 Å². The maximum absolute atomic E-state index is 13.0. The van der Waals surface area contributed by atoms with Crippen LogP contribution in [0.15, 0.2) is 53.4 Å². The number of hydrogen-bond acceptors (Lipinski definition) is 6. The summed E-state index contributed by atoms with van der Waals surface area (Å²) in [6.45, 7) is 7.81. The first-order valence-electron chi connectivity index (χ1n) is 11.0. The van der Waals surface area contributed by atoms with Gasteiger partial charge in [-0.1, -0.05) is 19.1 Å². The highest BCUT2D eigenvalue weighted by molar-refractivity contribution is 7.92. The molecule has 1 aliphatic heterocycles. The van der Waals surface area contributed by atoms with Crippen molar-refractivity contribution < 1.29 is 22.7 Å². The number of hydrogen-bond donors (Lipinski definition) is 2. The predicted octanol–water partition coefficient (Wildman–Crippen LogP) is 3.14. The third kappa shape index (κ3) is 5.33. The molecule has 2 N–H and O–H groups in total. The summed E-state index contributed by atoms with van der Waals surface area (Å²) in [6, 6.07) is 12.9. The molecule has 0 bridgehead atoms. The SMILES string of the molecule is Cc1cc(C)n(CC(C)CNC(=O)c2ccccc2NS(=O)(=O)c2ccc3c(c2)OCCO3)n1. The first-order chi connectivity index (χ1) is 16.2. The number of fused-ring (bicyclic) bond motifs is 1. The van der Waals surface area contributed by atoms with E-state index in [1.165, 1.54) is 12.1 Å². The van der Waals surface area contributed by atoms with Crippen LogP contribution >= 0.6 is 0 Å². The Kier molecular flexibility index (Phi) is 6.78. The van der Waals surface area contributed by atoms with E-state index in [2.05, 4.69) is 15.1 Å². The highest BCUT2D eigenvalue weighted by Gasteiger charge is 2.22. The van der Waals surface area contributed by atoms with E-state index >= 15 is 0 Å². The van der Waals surface area contributed by atoms with Crippen LogP contribution in [0.5, 0.6) is 11.5 Å². The summed E-state index contributed by atoms with van der Waals surface area (Å²) in [5, 5.41) is 7.36. The number of aryl methyl sites for hydroxylation is 2. The molecule has 0 spiro atoms. The number of aromatic nitrogens is 2. The number of amides is 1. The van der Waals surface area contributed by atoms with Crippen LogP contribution in [-0.2, 0) is 16.6 Å². The Hall–Kier alpha value is -3.53. The van der Waals surface area contributed by atoms with Crippen LogP contribution in [0.3, 0.4) is 0 Å². The van der Waals surface area contributed by atoms with Crippen molar-refractivity contribution in [1.82, 2.24) is 15.1 Å². The van der Waals surface area contributed by atoms with E-state index in [0.29, 0.717) is 37.8 Å². The predicted molar refractivity (Wildman–Crippen MR) is 128 cm³/mol. The van der Waals surface area contributed by atoms with Gasteiger partial charge in [-0.2, -0.15) is 5.10 Å². The van der Waals surface area contributed by atoms with Gasteiger partial charge >= 0.3 is 0 Å². The maximum atomic E-state index is 13.0. The molecular weight excluding hydrogens is 456 g/mol. The van der Waals surface area contributed by atoms with Gasteiger partial charge in [-0.3, -0.25) is 14.2 Å². The topological polar surface area (TPSA) is 112 Å². The zero-order valence-electron chi connectivity index (χ0n) is 19.4. The number of carbonyl (C=O) groups excluding carboxylic acids is 1. The highest BCUT2D eigenvalue weighted by atomic mass is 32.2. The second kappa shape index (κ2) is 9.76. The van der Waals surface area contributed by atoms with E-state index in [1.807, 2.05) is 31.5 Å². The van der Waals surface area contributed by atoms with Gasteiger partial charge in [0.15, 0.2) is 11.5 Å². The van der Waals surface area contributed by atoms with Crippen molar-refractivity contribution in [2.24, 2.45) is 5.92 Å². The lowest BCUT2D eigenvalue weighted by Crippen LogP contribution is -2.31. The average Bonchev–Trinajstić information content (AvgIpc) is 3.13. The first-order valence-corrected chi connectivity index (χ1v) is 12.5. The molecule has 0 saturated heterocycles. The zero-order chi connectivity index (χ0) is 24.3. The molecule has 1 unspecified atom stereocenters. The lowest BCUT2D eigenvalue weighted by atomic mass is 10.1. The molecule has 9 nitrogen and oxygen atoms in total. The van der Waals surface area contributed by atoms with Gasteiger partial charge in [-0.15, -0.1) is 0 Å². The molecular formula is C24H28N4O5S. The Morgan fingerprint density at radius 1 is 1.09 bits per heavy atom. The number of anilines is 1. The number of benzene rings is 2. The van der Waals surface area contributed by atoms with Crippen molar-refractivity contribution in [3.05, 3.63) is 65.5 Å². The minimum atomic E-state index is -3.95. The number of ether oxygens (including phenoxy) is 2. The lowest BCUT2D eigenvalue weighted by Gasteiger charge is -2.19. The largest absolute Gasteiger partial charge is 0.486 e. The molecule has 10 heteroatoms. The fraction of sp³-hybridized carbons (Fsp3) is 0.333. The average molecular weight is 485 g/mol. The quantitative estimate of drug-likeness (QED) is 0.508. The summed E-state index contributed by atoms with van der Waals surface area (Å²) < 4.78 is 41.4. The summed E-state index contributed by atoms with van der Waals surface area (Å²) in [7, 11) is -3.95. The Labute approximate surface area is 199 Å². The van der Waals surface area contributed by atoms with Crippen molar-refractivity contribution in [3.63, 3.8) is 0 Å². The molecule has 0 radical (unpaired) electrons. The van der Waals surface area contributed by atoms with E-state index in [0.717, 1.165) is 11.4 Å². The third-order valence-electron chi connectivity index (χ3n) is 5.44. The molecule has 1 atom stereocenters. The molecule has 3 aromatic rings. The number of nitrogens with one attached hydrogen (secondary N) is 2. The van der Waals surface area contributed by atoms with Crippen molar-refractivity contribution in [3.8, 4) is 11.5 Å². The molecule has 2 aromatic carbocycles. The van der Waals surface area contributed by atoms with Gasteiger partial charge in [0, 0.05) is 24.8 Å². The fourth-order valence-corrected chi connectivity index (χ4v) is 4.84. The van der Waals surface area contributed by atoms with Crippen LogP contribution in [0.4, 0.5) is 5.69 Å². The molecule has 1 aliphatic rings. The van der Waals surface area contributed by atoms with E-state index in [-0.39, 0.29) is 28.0 Å². The van der Waals surface area contributed by atoms with Crippen LogP contribution < -0.4 is 19.5 Å². The zero-order valence-corrected chi connectivity index (χ0v) is 20.2. The normalized spacial score (nSPS) is 13.9. The van der Waals surface area contributed by atoms with Crippen molar-refractivity contribution in [2.75, 3.05) is 24.5 Å². The Morgan fingerprint density at radius 2 is 1.82 bits per heavy atom.